The Morgan fingerprint density at radius 3 is 2.32 bits per heavy atom. The third kappa shape index (κ3) is 4.50. The fourth-order valence-corrected chi connectivity index (χ4v) is 4.29. The highest BCUT2D eigenvalue weighted by Crippen LogP contribution is 2.23. The largest absolute Gasteiger partial charge is 0.313 e. The number of nitrogens with zero attached hydrogens (tertiary/aromatic N) is 2. The molecule has 0 unspecified atom stereocenters. The molecule has 0 saturated heterocycles. The topological polar surface area (TPSA) is 34.4 Å². The molecule has 1 heterocycles. The summed E-state index contributed by atoms with van der Waals surface area (Å²) in [7, 11) is 0. The van der Waals surface area contributed by atoms with Gasteiger partial charge in [-0.3, -0.25) is 4.79 Å². The van der Waals surface area contributed by atoms with Crippen LogP contribution < -0.4 is 4.80 Å². The first kappa shape index (κ1) is 20.3. The van der Waals surface area contributed by atoms with E-state index in [1.807, 2.05) is 18.2 Å². The SMILES string of the molecule is C=CCn1c(=NC(=O)Cc2ccc(C(C)C)cc2)sc2cc(C(C)C)ccc21. The maximum Gasteiger partial charge on any atom is 0.252 e. The van der Waals surface area contributed by atoms with E-state index >= 15 is 0 Å². The molecule has 0 aliphatic heterocycles. The van der Waals surface area contributed by atoms with Crippen LogP contribution in [-0.4, -0.2) is 10.5 Å². The van der Waals surface area contributed by atoms with Crippen LogP contribution in [0.15, 0.2) is 60.1 Å². The van der Waals surface area contributed by atoms with Gasteiger partial charge in [0.15, 0.2) is 4.80 Å². The van der Waals surface area contributed by atoms with Crippen molar-refractivity contribution in [2.24, 2.45) is 4.99 Å². The molecule has 0 bridgehead atoms. The average molecular weight is 393 g/mol. The highest BCUT2D eigenvalue weighted by molar-refractivity contribution is 7.16. The molecule has 3 nitrogen and oxygen atoms in total. The van der Waals surface area contributed by atoms with Gasteiger partial charge in [0, 0.05) is 6.54 Å². The number of allylic oxidation sites excluding steroid dienone is 1. The van der Waals surface area contributed by atoms with Gasteiger partial charge in [0.05, 0.1) is 16.6 Å². The van der Waals surface area contributed by atoms with Crippen molar-refractivity contribution in [1.29, 1.82) is 0 Å². The van der Waals surface area contributed by atoms with Crippen LogP contribution >= 0.6 is 11.3 Å². The van der Waals surface area contributed by atoms with Crippen LogP contribution in [0.2, 0.25) is 0 Å². The van der Waals surface area contributed by atoms with E-state index in [4.69, 9.17) is 0 Å². The zero-order valence-corrected chi connectivity index (χ0v) is 17.9. The summed E-state index contributed by atoms with van der Waals surface area (Å²) < 4.78 is 3.22. The molecule has 0 saturated carbocycles. The van der Waals surface area contributed by atoms with Gasteiger partial charge in [-0.05, 0) is 40.7 Å². The van der Waals surface area contributed by atoms with Crippen LogP contribution in [0.4, 0.5) is 0 Å². The van der Waals surface area contributed by atoms with Gasteiger partial charge in [-0.1, -0.05) is 75.4 Å². The molecule has 0 atom stereocenters. The third-order valence-corrected chi connectivity index (χ3v) is 5.95. The van der Waals surface area contributed by atoms with E-state index in [2.05, 4.69) is 74.2 Å². The number of aromatic nitrogens is 1. The van der Waals surface area contributed by atoms with E-state index < -0.39 is 0 Å². The second kappa shape index (κ2) is 8.70. The van der Waals surface area contributed by atoms with E-state index in [0.717, 1.165) is 20.6 Å². The van der Waals surface area contributed by atoms with Crippen molar-refractivity contribution < 1.29 is 4.79 Å². The van der Waals surface area contributed by atoms with Crippen molar-refractivity contribution in [3.63, 3.8) is 0 Å². The van der Waals surface area contributed by atoms with E-state index in [9.17, 15) is 4.79 Å². The van der Waals surface area contributed by atoms with Gasteiger partial charge in [0.2, 0.25) is 0 Å². The number of fused-ring (bicyclic) bond motifs is 1. The number of carbonyl (C=O) groups excluding carboxylic acids is 1. The molecule has 3 rings (SSSR count). The van der Waals surface area contributed by atoms with Crippen molar-refractivity contribution in [2.45, 2.75) is 52.5 Å². The Morgan fingerprint density at radius 2 is 1.71 bits per heavy atom. The number of benzene rings is 2. The van der Waals surface area contributed by atoms with E-state index in [1.54, 1.807) is 11.3 Å². The Hall–Kier alpha value is -2.46. The van der Waals surface area contributed by atoms with Gasteiger partial charge < -0.3 is 4.57 Å². The zero-order chi connectivity index (χ0) is 20.3. The van der Waals surface area contributed by atoms with Crippen molar-refractivity contribution in [1.82, 2.24) is 4.57 Å². The maximum atomic E-state index is 12.6. The maximum absolute atomic E-state index is 12.6. The molecular formula is C24H28N2OS. The van der Waals surface area contributed by atoms with Gasteiger partial charge in [0.1, 0.15) is 0 Å². The van der Waals surface area contributed by atoms with Gasteiger partial charge in [0.25, 0.3) is 5.91 Å². The van der Waals surface area contributed by atoms with Crippen LogP contribution in [0.5, 0.6) is 0 Å². The molecule has 0 spiro atoms. The standard InChI is InChI=1S/C24H28N2OS/c1-6-13-26-21-12-11-20(17(4)5)15-22(21)28-24(26)25-23(27)14-18-7-9-19(10-8-18)16(2)3/h6-12,15-17H,1,13-14H2,2-5H3. The lowest BCUT2D eigenvalue weighted by atomic mass is 10.0. The highest BCUT2D eigenvalue weighted by Gasteiger charge is 2.10. The van der Waals surface area contributed by atoms with Crippen molar-refractivity contribution in [3.05, 3.63) is 76.6 Å². The predicted octanol–water partition coefficient (Wildman–Crippen LogP) is 5.81. The summed E-state index contributed by atoms with van der Waals surface area (Å²) in [5.41, 5.74) is 4.67. The van der Waals surface area contributed by atoms with Crippen LogP contribution in [0, 0.1) is 0 Å². The van der Waals surface area contributed by atoms with Crippen LogP contribution in [0.3, 0.4) is 0 Å². The number of rotatable bonds is 6. The highest BCUT2D eigenvalue weighted by atomic mass is 32.1. The normalized spacial score (nSPS) is 12.3. The Bertz CT molecular complexity index is 1050. The summed E-state index contributed by atoms with van der Waals surface area (Å²) in [5, 5.41) is 0. The van der Waals surface area contributed by atoms with Crippen LogP contribution in [0.1, 0.15) is 56.2 Å². The van der Waals surface area contributed by atoms with Crippen molar-refractivity contribution in [2.75, 3.05) is 0 Å². The first-order chi connectivity index (χ1) is 13.4. The molecule has 1 amide bonds. The third-order valence-electron chi connectivity index (χ3n) is 4.91. The summed E-state index contributed by atoms with van der Waals surface area (Å²) in [6, 6.07) is 14.7. The lowest BCUT2D eigenvalue weighted by Crippen LogP contribution is -2.16. The number of thiazole rings is 1. The number of carbonyl (C=O) groups is 1. The molecule has 2 aromatic carbocycles. The van der Waals surface area contributed by atoms with Gasteiger partial charge in [-0.15, -0.1) is 6.58 Å². The van der Waals surface area contributed by atoms with Crippen molar-refractivity contribution >= 4 is 27.5 Å². The minimum absolute atomic E-state index is 0.120. The van der Waals surface area contributed by atoms with Crippen LogP contribution in [0.25, 0.3) is 10.2 Å². The molecule has 28 heavy (non-hydrogen) atoms. The van der Waals surface area contributed by atoms with E-state index in [-0.39, 0.29) is 5.91 Å². The number of hydrogen-bond donors (Lipinski definition) is 0. The minimum atomic E-state index is -0.120. The predicted molar refractivity (Wildman–Crippen MR) is 119 cm³/mol. The fourth-order valence-electron chi connectivity index (χ4n) is 3.18. The molecule has 0 fully saturated rings. The monoisotopic (exact) mass is 392 g/mol. The van der Waals surface area contributed by atoms with Gasteiger partial charge >= 0.3 is 0 Å². The Kier molecular flexibility index (Phi) is 6.30. The Balaban J connectivity index is 1.93. The van der Waals surface area contributed by atoms with Crippen molar-refractivity contribution in [3.8, 4) is 0 Å². The summed E-state index contributed by atoms with van der Waals surface area (Å²) >= 11 is 1.57. The fraction of sp³-hybridized carbons (Fsp3) is 0.333. The lowest BCUT2D eigenvalue weighted by molar-refractivity contribution is -0.117. The van der Waals surface area contributed by atoms with Gasteiger partial charge in [-0.2, -0.15) is 4.99 Å². The second-order valence-corrected chi connectivity index (χ2v) is 8.75. The molecule has 0 radical (unpaired) electrons. The summed E-state index contributed by atoms with van der Waals surface area (Å²) in [4.78, 5) is 17.8. The minimum Gasteiger partial charge on any atom is -0.313 e. The zero-order valence-electron chi connectivity index (χ0n) is 17.1. The lowest BCUT2D eigenvalue weighted by Gasteiger charge is -2.06. The summed E-state index contributed by atoms with van der Waals surface area (Å²) in [5.74, 6) is 0.836. The smallest absolute Gasteiger partial charge is 0.252 e. The quantitative estimate of drug-likeness (QED) is 0.488. The first-order valence-electron chi connectivity index (χ1n) is 9.79. The molecule has 4 heteroatoms. The second-order valence-electron chi connectivity index (χ2n) is 7.74. The summed E-state index contributed by atoms with van der Waals surface area (Å²) in [6.45, 7) is 13.2. The average Bonchev–Trinajstić information content (AvgIpc) is 2.98. The van der Waals surface area contributed by atoms with E-state index in [0.29, 0.717) is 24.8 Å². The summed E-state index contributed by atoms with van der Waals surface area (Å²) in [6.07, 6.45) is 2.16. The molecule has 0 aliphatic carbocycles. The number of hydrogen-bond acceptors (Lipinski definition) is 2. The van der Waals surface area contributed by atoms with Crippen LogP contribution in [-0.2, 0) is 17.8 Å². The molecule has 0 aliphatic rings. The number of amides is 1. The molecular weight excluding hydrogens is 364 g/mol. The van der Waals surface area contributed by atoms with E-state index in [1.165, 1.54) is 11.1 Å². The first-order valence-corrected chi connectivity index (χ1v) is 10.6. The Labute approximate surface area is 171 Å². The Morgan fingerprint density at radius 1 is 1.07 bits per heavy atom. The molecule has 146 valence electrons. The van der Waals surface area contributed by atoms with Gasteiger partial charge in [-0.25, -0.2) is 0 Å². The molecule has 1 aromatic heterocycles. The molecule has 3 aromatic rings. The molecule has 0 N–H and O–H groups in total.